The number of aryl methyl sites for hydroxylation is 1. The smallest absolute Gasteiger partial charge is 0.108 e. The van der Waals surface area contributed by atoms with Crippen LogP contribution in [0.4, 0.5) is 0 Å². The quantitative estimate of drug-likeness (QED) is 0.572. The van der Waals surface area contributed by atoms with Crippen LogP contribution < -0.4 is 11.1 Å². The summed E-state index contributed by atoms with van der Waals surface area (Å²) >= 11 is 0. The van der Waals surface area contributed by atoms with E-state index >= 15 is 0 Å². The number of hydrogen-bond donors (Lipinski definition) is 3. The third-order valence-electron chi connectivity index (χ3n) is 5.23. The second-order valence-corrected chi connectivity index (χ2v) is 7.25. The molecule has 3 aromatic rings. The Morgan fingerprint density at radius 2 is 2.15 bits per heavy atom. The molecule has 26 heavy (non-hydrogen) atoms. The van der Waals surface area contributed by atoms with E-state index in [1.807, 2.05) is 30.5 Å². The predicted octanol–water partition coefficient (Wildman–Crippen LogP) is 3.28. The summed E-state index contributed by atoms with van der Waals surface area (Å²) in [7, 11) is 0. The van der Waals surface area contributed by atoms with Gasteiger partial charge in [-0.05, 0) is 62.4 Å². The number of rotatable bonds is 7. The molecule has 1 aromatic carbocycles. The van der Waals surface area contributed by atoms with Gasteiger partial charge in [0, 0.05) is 24.7 Å². The number of nitrogens with two attached hydrogens (primary N) is 1. The SMILES string of the molecule is NC(CCCN[C@H]1CCCc2cccnc21)Cc1nc2ccccc2[nH]1. The van der Waals surface area contributed by atoms with Crippen molar-refractivity contribution in [3.63, 3.8) is 0 Å². The Hall–Kier alpha value is -2.24. The Labute approximate surface area is 154 Å². The molecule has 0 fully saturated rings. The van der Waals surface area contributed by atoms with Crippen LogP contribution in [0.5, 0.6) is 0 Å². The van der Waals surface area contributed by atoms with Gasteiger partial charge in [0.15, 0.2) is 0 Å². The lowest BCUT2D eigenvalue weighted by Crippen LogP contribution is -2.29. The van der Waals surface area contributed by atoms with Crippen molar-refractivity contribution in [1.29, 1.82) is 0 Å². The van der Waals surface area contributed by atoms with Crippen LogP contribution in [-0.4, -0.2) is 27.5 Å². The highest BCUT2D eigenvalue weighted by Gasteiger charge is 2.20. The highest BCUT2D eigenvalue weighted by atomic mass is 14.9. The van der Waals surface area contributed by atoms with E-state index in [9.17, 15) is 0 Å². The Bertz CT molecular complexity index is 823. The molecular weight excluding hydrogens is 322 g/mol. The molecule has 0 spiro atoms. The first kappa shape index (κ1) is 17.2. The van der Waals surface area contributed by atoms with Gasteiger partial charge in [-0.15, -0.1) is 0 Å². The van der Waals surface area contributed by atoms with Crippen LogP contribution in [0, 0.1) is 0 Å². The molecule has 1 unspecified atom stereocenters. The topological polar surface area (TPSA) is 79.6 Å². The number of nitrogens with one attached hydrogen (secondary N) is 2. The number of aromatic amines is 1. The largest absolute Gasteiger partial charge is 0.342 e. The molecule has 0 radical (unpaired) electrons. The summed E-state index contributed by atoms with van der Waals surface area (Å²) in [4.78, 5) is 12.6. The van der Waals surface area contributed by atoms with E-state index in [1.54, 1.807) is 0 Å². The molecule has 0 saturated carbocycles. The number of pyridine rings is 1. The maximum absolute atomic E-state index is 6.32. The number of benzene rings is 1. The van der Waals surface area contributed by atoms with E-state index in [4.69, 9.17) is 5.73 Å². The Morgan fingerprint density at radius 3 is 3.08 bits per heavy atom. The number of fused-ring (bicyclic) bond motifs is 2. The van der Waals surface area contributed by atoms with Gasteiger partial charge in [-0.1, -0.05) is 18.2 Å². The lowest BCUT2D eigenvalue weighted by molar-refractivity contribution is 0.433. The van der Waals surface area contributed by atoms with Gasteiger partial charge in [0.25, 0.3) is 0 Å². The van der Waals surface area contributed by atoms with Gasteiger partial charge in [0.05, 0.1) is 16.7 Å². The van der Waals surface area contributed by atoms with Crippen LogP contribution in [-0.2, 0) is 12.8 Å². The number of H-pyrrole nitrogens is 1. The average Bonchev–Trinajstić information content (AvgIpc) is 3.07. The van der Waals surface area contributed by atoms with E-state index in [0.717, 1.165) is 49.1 Å². The minimum absolute atomic E-state index is 0.133. The zero-order chi connectivity index (χ0) is 17.8. The van der Waals surface area contributed by atoms with Crippen molar-refractivity contribution in [1.82, 2.24) is 20.3 Å². The predicted molar refractivity (Wildman–Crippen MR) is 105 cm³/mol. The van der Waals surface area contributed by atoms with E-state index in [1.165, 1.54) is 24.1 Å². The van der Waals surface area contributed by atoms with Crippen LogP contribution >= 0.6 is 0 Å². The first-order valence-corrected chi connectivity index (χ1v) is 9.66. The molecule has 136 valence electrons. The molecule has 1 aliphatic rings. The van der Waals surface area contributed by atoms with Gasteiger partial charge in [0.1, 0.15) is 5.82 Å². The summed E-state index contributed by atoms with van der Waals surface area (Å²) in [5.41, 5.74) is 11.1. The minimum Gasteiger partial charge on any atom is -0.342 e. The van der Waals surface area contributed by atoms with Gasteiger partial charge in [0.2, 0.25) is 0 Å². The summed E-state index contributed by atoms with van der Waals surface area (Å²) in [5.74, 6) is 0.983. The zero-order valence-electron chi connectivity index (χ0n) is 15.1. The molecule has 4 N–H and O–H groups in total. The fourth-order valence-corrected chi connectivity index (χ4v) is 3.90. The van der Waals surface area contributed by atoms with Crippen molar-refractivity contribution in [2.45, 2.75) is 50.6 Å². The maximum atomic E-state index is 6.32. The van der Waals surface area contributed by atoms with Crippen LogP contribution in [0.2, 0.25) is 0 Å². The van der Waals surface area contributed by atoms with E-state index < -0.39 is 0 Å². The van der Waals surface area contributed by atoms with Gasteiger partial charge in [-0.2, -0.15) is 0 Å². The molecule has 2 atom stereocenters. The van der Waals surface area contributed by atoms with Gasteiger partial charge >= 0.3 is 0 Å². The number of para-hydroxylation sites is 2. The Morgan fingerprint density at radius 1 is 1.23 bits per heavy atom. The molecule has 0 saturated heterocycles. The first-order chi connectivity index (χ1) is 12.8. The highest BCUT2D eigenvalue weighted by molar-refractivity contribution is 5.74. The molecule has 5 heteroatoms. The second-order valence-electron chi connectivity index (χ2n) is 7.25. The third-order valence-corrected chi connectivity index (χ3v) is 5.23. The molecule has 0 amide bonds. The van der Waals surface area contributed by atoms with Crippen LogP contribution in [0.1, 0.15) is 48.8 Å². The molecule has 2 heterocycles. The second kappa shape index (κ2) is 7.98. The Balaban J connectivity index is 1.23. The summed E-state index contributed by atoms with van der Waals surface area (Å²) < 4.78 is 0. The molecule has 5 nitrogen and oxygen atoms in total. The number of hydrogen-bond acceptors (Lipinski definition) is 4. The van der Waals surface area contributed by atoms with E-state index in [2.05, 4.69) is 32.4 Å². The lowest BCUT2D eigenvalue weighted by Gasteiger charge is -2.25. The fourth-order valence-electron chi connectivity index (χ4n) is 3.90. The van der Waals surface area contributed by atoms with Crippen LogP contribution in [0.3, 0.4) is 0 Å². The van der Waals surface area contributed by atoms with Gasteiger partial charge in [-0.25, -0.2) is 4.98 Å². The van der Waals surface area contributed by atoms with Gasteiger partial charge < -0.3 is 16.0 Å². The molecule has 1 aliphatic carbocycles. The molecule has 4 rings (SSSR count). The number of aromatic nitrogens is 3. The Kier molecular flexibility index (Phi) is 5.27. The van der Waals surface area contributed by atoms with E-state index in [0.29, 0.717) is 6.04 Å². The summed E-state index contributed by atoms with van der Waals surface area (Å²) in [5, 5.41) is 3.68. The first-order valence-electron chi connectivity index (χ1n) is 9.66. The lowest BCUT2D eigenvalue weighted by atomic mass is 9.92. The van der Waals surface area contributed by atoms with Crippen molar-refractivity contribution < 1.29 is 0 Å². The zero-order valence-corrected chi connectivity index (χ0v) is 15.1. The van der Waals surface area contributed by atoms with Crippen LogP contribution in [0.25, 0.3) is 11.0 Å². The summed E-state index contributed by atoms with van der Waals surface area (Å²) in [6.07, 6.45) is 8.33. The normalized spacial score (nSPS) is 18.0. The monoisotopic (exact) mass is 349 g/mol. The van der Waals surface area contributed by atoms with Gasteiger partial charge in [-0.3, -0.25) is 4.98 Å². The average molecular weight is 349 g/mol. The summed E-state index contributed by atoms with van der Waals surface area (Å²) in [6, 6.07) is 12.9. The highest BCUT2D eigenvalue weighted by Crippen LogP contribution is 2.27. The van der Waals surface area contributed by atoms with Crippen molar-refractivity contribution in [3.05, 3.63) is 59.7 Å². The van der Waals surface area contributed by atoms with Crippen LogP contribution in [0.15, 0.2) is 42.6 Å². The van der Waals surface area contributed by atoms with Crippen molar-refractivity contribution in [2.24, 2.45) is 5.73 Å². The molecule has 2 aromatic heterocycles. The van der Waals surface area contributed by atoms with E-state index in [-0.39, 0.29) is 6.04 Å². The standard InChI is InChI=1S/C21H27N5/c22-16(14-20-25-17-9-1-2-10-18(17)26-20)8-5-12-23-19-11-3-6-15-7-4-13-24-21(15)19/h1-2,4,7,9-10,13,16,19,23H,3,5-6,8,11-12,14,22H2,(H,25,26)/t16?,19-/m0/s1. The number of nitrogens with zero attached hydrogens (tertiary/aromatic N) is 2. The van der Waals surface area contributed by atoms with Crippen molar-refractivity contribution in [2.75, 3.05) is 6.54 Å². The fraction of sp³-hybridized carbons (Fsp3) is 0.429. The summed E-state index contributed by atoms with van der Waals surface area (Å²) in [6.45, 7) is 0.981. The van der Waals surface area contributed by atoms with Crippen molar-refractivity contribution >= 4 is 11.0 Å². The van der Waals surface area contributed by atoms with Crippen molar-refractivity contribution in [3.8, 4) is 0 Å². The maximum Gasteiger partial charge on any atom is 0.108 e. The molecular formula is C21H27N5. The number of imidazole rings is 1. The molecule has 0 aliphatic heterocycles. The molecule has 0 bridgehead atoms. The third kappa shape index (κ3) is 3.94. The minimum atomic E-state index is 0.133.